The third kappa shape index (κ3) is 12.4. The van der Waals surface area contributed by atoms with Crippen molar-refractivity contribution >= 4 is 18.2 Å². The van der Waals surface area contributed by atoms with E-state index in [-0.39, 0.29) is 24.8 Å². The van der Waals surface area contributed by atoms with Crippen LogP contribution in [0.2, 0.25) is 0 Å². The summed E-state index contributed by atoms with van der Waals surface area (Å²) >= 11 is 0. The lowest BCUT2D eigenvalue weighted by Crippen LogP contribution is -2.38. The Morgan fingerprint density at radius 3 is 1.81 bits per heavy atom. The smallest absolute Gasteiger partial charge is 0.306 e. The number of unbranched alkanes of at least 4 members (excludes halogenated alkanes) is 1. The van der Waals surface area contributed by atoms with E-state index in [1.54, 1.807) is 6.21 Å². The first kappa shape index (κ1) is 25.4. The second-order valence-electron chi connectivity index (χ2n) is 9.32. The lowest BCUT2D eigenvalue weighted by Gasteiger charge is -2.29. The molecule has 0 amide bonds. The Hall–Kier alpha value is -1.59. The highest BCUT2D eigenvalue weighted by Crippen LogP contribution is 2.25. The predicted molar refractivity (Wildman–Crippen MR) is 108 cm³/mol. The summed E-state index contributed by atoms with van der Waals surface area (Å²) in [6.45, 7) is 14.8. The Balaban J connectivity index is 4.90. The van der Waals surface area contributed by atoms with E-state index in [2.05, 4.69) is 0 Å². The maximum absolute atomic E-state index is 12.6. The molecule has 0 aliphatic carbocycles. The molecular weight excluding hydrogens is 346 g/mol. The second kappa shape index (κ2) is 10.7. The number of carbonyl (C=O) groups is 2. The third-order valence-corrected chi connectivity index (χ3v) is 3.92. The van der Waals surface area contributed by atoms with Gasteiger partial charge in [-0.25, -0.2) is 4.74 Å². The number of hydroxylamine groups is 1. The highest BCUT2D eigenvalue weighted by molar-refractivity contribution is 5.70. The molecule has 6 nitrogen and oxygen atoms in total. The summed E-state index contributed by atoms with van der Waals surface area (Å²) in [7, 11) is 0. The summed E-state index contributed by atoms with van der Waals surface area (Å²) in [5, 5.41) is 12.6. The fourth-order valence-electron chi connectivity index (χ4n) is 2.58. The fourth-order valence-corrected chi connectivity index (χ4v) is 2.58. The van der Waals surface area contributed by atoms with E-state index in [0.717, 1.165) is 11.2 Å². The molecule has 0 fully saturated rings. The number of hydrogen-bond donors (Lipinski definition) is 0. The van der Waals surface area contributed by atoms with Crippen LogP contribution < -0.4 is 0 Å². The SMILES string of the molecule is CCC/C=[N+](/[O-])C(C)(CCCC(=O)OC(C)(C)C)CCC(=O)OC(C)(C)C. The molecule has 0 rings (SSSR count). The van der Waals surface area contributed by atoms with Gasteiger partial charge in [0.2, 0.25) is 0 Å². The first-order valence-corrected chi connectivity index (χ1v) is 9.92. The molecule has 0 N–H and O–H groups in total. The molecule has 6 heteroatoms. The van der Waals surface area contributed by atoms with Crippen molar-refractivity contribution in [3.63, 3.8) is 0 Å². The molecule has 27 heavy (non-hydrogen) atoms. The lowest BCUT2D eigenvalue weighted by molar-refractivity contribution is -0.545. The number of nitrogens with zero attached hydrogens (tertiary/aromatic N) is 1. The largest absolute Gasteiger partial charge is 0.624 e. The molecule has 0 heterocycles. The highest BCUT2D eigenvalue weighted by Gasteiger charge is 2.34. The first-order chi connectivity index (χ1) is 12.2. The van der Waals surface area contributed by atoms with Gasteiger partial charge in [-0.3, -0.25) is 9.59 Å². The molecule has 0 aromatic heterocycles. The molecule has 0 aromatic rings. The van der Waals surface area contributed by atoms with Gasteiger partial charge in [-0.05, 0) is 54.4 Å². The average Bonchev–Trinajstić information content (AvgIpc) is 2.47. The van der Waals surface area contributed by atoms with Crippen molar-refractivity contribution in [2.45, 2.75) is 117 Å². The number of ether oxygens (including phenoxy) is 2. The van der Waals surface area contributed by atoms with Crippen molar-refractivity contribution in [2.75, 3.05) is 0 Å². The standard InChI is InChI=1S/C21H39NO5/c1-9-10-16-22(25)21(8,15-13-18(24)27-20(5,6)7)14-11-12-17(23)26-19(2,3)4/h16H,9-15H2,1-8H3/b22-16+. The summed E-state index contributed by atoms with van der Waals surface area (Å²) in [4.78, 5) is 24.0. The van der Waals surface area contributed by atoms with E-state index in [9.17, 15) is 14.8 Å². The zero-order valence-corrected chi connectivity index (χ0v) is 18.5. The van der Waals surface area contributed by atoms with Crippen molar-refractivity contribution in [2.24, 2.45) is 0 Å². The summed E-state index contributed by atoms with van der Waals surface area (Å²) in [6, 6.07) is 0. The van der Waals surface area contributed by atoms with Gasteiger partial charge < -0.3 is 14.7 Å². The molecule has 0 spiro atoms. The van der Waals surface area contributed by atoms with E-state index >= 15 is 0 Å². The van der Waals surface area contributed by atoms with Crippen LogP contribution in [0, 0.1) is 5.21 Å². The first-order valence-electron chi connectivity index (χ1n) is 9.92. The monoisotopic (exact) mass is 385 g/mol. The normalized spacial score (nSPS) is 15.2. The third-order valence-electron chi connectivity index (χ3n) is 3.92. The molecule has 1 unspecified atom stereocenters. The van der Waals surface area contributed by atoms with Crippen molar-refractivity contribution in [1.29, 1.82) is 0 Å². The average molecular weight is 386 g/mol. The molecule has 0 radical (unpaired) electrons. The van der Waals surface area contributed by atoms with Crippen LogP contribution in [-0.2, 0) is 19.1 Å². The van der Waals surface area contributed by atoms with Gasteiger partial charge in [-0.1, -0.05) is 6.92 Å². The fraction of sp³-hybridized carbons (Fsp3) is 0.857. The summed E-state index contributed by atoms with van der Waals surface area (Å²) < 4.78 is 11.6. The van der Waals surface area contributed by atoms with Gasteiger partial charge in [0.25, 0.3) is 0 Å². The van der Waals surface area contributed by atoms with Gasteiger partial charge >= 0.3 is 11.9 Å². The predicted octanol–water partition coefficient (Wildman–Crippen LogP) is 4.76. The Morgan fingerprint density at radius 1 is 0.889 bits per heavy atom. The zero-order valence-electron chi connectivity index (χ0n) is 18.5. The van der Waals surface area contributed by atoms with E-state index in [4.69, 9.17) is 9.47 Å². The minimum absolute atomic E-state index is 0.166. The Labute approximate surface area is 164 Å². The van der Waals surface area contributed by atoms with E-state index in [0.29, 0.717) is 25.7 Å². The van der Waals surface area contributed by atoms with Gasteiger partial charge in [0.1, 0.15) is 11.2 Å². The van der Waals surface area contributed by atoms with Crippen LogP contribution in [-0.4, -0.2) is 39.6 Å². The van der Waals surface area contributed by atoms with Crippen LogP contribution in [0.3, 0.4) is 0 Å². The van der Waals surface area contributed by atoms with Crippen molar-refractivity contribution in [3.05, 3.63) is 5.21 Å². The molecule has 0 aliphatic rings. The maximum atomic E-state index is 12.6. The van der Waals surface area contributed by atoms with Gasteiger partial charge in [0, 0.05) is 32.6 Å². The van der Waals surface area contributed by atoms with Gasteiger partial charge in [0.15, 0.2) is 11.8 Å². The molecular formula is C21H39NO5. The van der Waals surface area contributed by atoms with Crippen molar-refractivity contribution in [1.82, 2.24) is 0 Å². The summed E-state index contributed by atoms with van der Waals surface area (Å²) in [6.07, 6.45) is 5.00. The highest BCUT2D eigenvalue weighted by atomic mass is 16.6. The van der Waals surface area contributed by atoms with Crippen LogP contribution in [0.4, 0.5) is 0 Å². The second-order valence-corrected chi connectivity index (χ2v) is 9.32. The van der Waals surface area contributed by atoms with Crippen LogP contribution in [0.15, 0.2) is 0 Å². The van der Waals surface area contributed by atoms with Crippen LogP contribution in [0.1, 0.15) is 100 Å². The zero-order chi connectivity index (χ0) is 21.3. The molecule has 1 atom stereocenters. The van der Waals surface area contributed by atoms with Crippen molar-refractivity contribution < 1.29 is 23.8 Å². The van der Waals surface area contributed by atoms with Crippen LogP contribution in [0.5, 0.6) is 0 Å². The van der Waals surface area contributed by atoms with Gasteiger partial charge in [-0.15, -0.1) is 0 Å². The van der Waals surface area contributed by atoms with E-state index in [1.165, 1.54) is 0 Å². The number of hydrogen-bond acceptors (Lipinski definition) is 5. The van der Waals surface area contributed by atoms with Gasteiger partial charge in [0.05, 0.1) is 6.42 Å². The number of rotatable bonds is 10. The molecule has 0 saturated heterocycles. The maximum Gasteiger partial charge on any atom is 0.306 e. The Bertz CT molecular complexity index is 514. The van der Waals surface area contributed by atoms with Gasteiger partial charge in [-0.2, -0.15) is 0 Å². The molecule has 0 saturated carbocycles. The molecule has 158 valence electrons. The van der Waals surface area contributed by atoms with Crippen molar-refractivity contribution in [3.8, 4) is 0 Å². The minimum atomic E-state index is -0.756. The van der Waals surface area contributed by atoms with E-state index in [1.807, 2.05) is 55.4 Å². The molecule has 0 aromatic carbocycles. The lowest BCUT2D eigenvalue weighted by atomic mass is 9.89. The Morgan fingerprint density at radius 2 is 1.37 bits per heavy atom. The topological polar surface area (TPSA) is 78.7 Å². The number of carbonyl (C=O) groups excluding carboxylic acids is 2. The Kier molecular flexibility index (Phi) is 10.0. The van der Waals surface area contributed by atoms with Crippen LogP contribution in [0.25, 0.3) is 0 Å². The number of esters is 2. The van der Waals surface area contributed by atoms with E-state index < -0.39 is 16.7 Å². The quantitative estimate of drug-likeness (QED) is 0.178. The molecule has 0 bridgehead atoms. The summed E-state index contributed by atoms with van der Waals surface area (Å²) in [5.74, 6) is -0.586. The molecule has 0 aliphatic heterocycles. The minimum Gasteiger partial charge on any atom is -0.624 e. The van der Waals surface area contributed by atoms with Crippen LogP contribution >= 0.6 is 0 Å². The summed E-state index contributed by atoms with van der Waals surface area (Å²) in [5.41, 5.74) is -1.82.